The van der Waals surface area contributed by atoms with Crippen LogP contribution in [0.25, 0.3) is 0 Å². The summed E-state index contributed by atoms with van der Waals surface area (Å²) in [7, 11) is 1.96. The van der Waals surface area contributed by atoms with Gasteiger partial charge in [-0.1, -0.05) is 0 Å². The summed E-state index contributed by atoms with van der Waals surface area (Å²) in [6, 6.07) is 2.20. The average molecular weight is 225 g/mol. The number of aliphatic hydroxyl groups is 1. The molecular formula is C11H19N3O2. The Kier molecular flexibility index (Phi) is 3.58. The van der Waals surface area contributed by atoms with E-state index in [1.807, 2.05) is 18.7 Å². The molecule has 0 radical (unpaired) electrons. The first-order valence-corrected chi connectivity index (χ1v) is 5.63. The maximum absolute atomic E-state index is 9.27. The minimum Gasteiger partial charge on any atom is -0.395 e. The van der Waals surface area contributed by atoms with Crippen molar-refractivity contribution in [3.63, 3.8) is 0 Å². The van der Waals surface area contributed by atoms with Crippen LogP contribution >= 0.6 is 0 Å². The first-order valence-electron chi connectivity index (χ1n) is 5.63. The molecule has 5 nitrogen and oxygen atoms in total. The molecule has 1 fully saturated rings. The molecule has 0 aromatic carbocycles. The standard InChI is InChI=1S/C11H19N3O2/c1-9-5-10(13(2)12-9)6-14-3-4-16-8-11(14)7-15/h5,11,15H,3-4,6-8H2,1-2H3. The first-order chi connectivity index (χ1) is 7.70. The largest absolute Gasteiger partial charge is 0.395 e. The van der Waals surface area contributed by atoms with E-state index in [9.17, 15) is 5.11 Å². The third-order valence-corrected chi connectivity index (χ3v) is 3.02. The van der Waals surface area contributed by atoms with Crippen molar-refractivity contribution in [3.8, 4) is 0 Å². The summed E-state index contributed by atoms with van der Waals surface area (Å²) in [6.07, 6.45) is 0. The number of rotatable bonds is 3. The number of aromatic nitrogens is 2. The number of ether oxygens (including phenoxy) is 1. The molecule has 1 unspecified atom stereocenters. The molecule has 1 aromatic rings. The number of hydrogen-bond donors (Lipinski definition) is 1. The summed E-state index contributed by atoms with van der Waals surface area (Å²) in [6.45, 7) is 5.20. The van der Waals surface area contributed by atoms with Gasteiger partial charge in [-0.05, 0) is 13.0 Å². The zero-order chi connectivity index (χ0) is 11.5. The molecule has 0 aliphatic carbocycles. The Bertz CT molecular complexity index is 351. The van der Waals surface area contributed by atoms with Crippen molar-refractivity contribution in [3.05, 3.63) is 17.5 Å². The highest BCUT2D eigenvalue weighted by Gasteiger charge is 2.23. The molecular weight excluding hydrogens is 206 g/mol. The highest BCUT2D eigenvalue weighted by atomic mass is 16.5. The van der Waals surface area contributed by atoms with Crippen LogP contribution in [0.4, 0.5) is 0 Å². The van der Waals surface area contributed by atoms with Gasteiger partial charge in [-0.2, -0.15) is 5.10 Å². The molecule has 1 N–H and O–H groups in total. The fraction of sp³-hybridized carbons (Fsp3) is 0.727. The second-order valence-corrected chi connectivity index (χ2v) is 4.28. The summed E-state index contributed by atoms with van der Waals surface area (Å²) in [5.74, 6) is 0. The molecule has 90 valence electrons. The zero-order valence-electron chi connectivity index (χ0n) is 9.89. The summed E-state index contributed by atoms with van der Waals surface area (Å²) >= 11 is 0. The van der Waals surface area contributed by atoms with Gasteiger partial charge in [0.1, 0.15) is 0 Å². The predicted octanol–water partition coefficient (Wildman–Crippen LogP) is -0.0784. The molecule has 0 spiro atoms. The molecule has 5 heteroatoms. The van der Waals surface area contributed by atoms with Gasteiger partial charge in [-0.3, -0.25) is 9.58 Å². The fourth-order valence-electron chi connectivity index (χ4n) is 2.09. The van der Waals surface area contributed by atoms with Crippen LogP contribution < -0.4 is 0 Å². The average Bonchev–Trinajstić information content (AvgIpc) is 2.58. The smallest absolute Gasteiger partial charge is 0.0645 e. The second kappa shape index (κ2) is 4.95. The Morgan fingerprint density at radius 2 is 2.44 bits per heavy atom. The Balaban J connectivity index is 2.04. The summed E-state index contributed by atoms with van der Waals surface area (Å²) in [4.78, 5) is 2.25. The van der Waals surface area contributed by atoms with Gasteiger partial charge in [0.25, 0.3) is 0 Å². The maximum Gasteiger partial charge on any atom is 0.0645 e. The van der Waals surface area contributed by atoms with Crippen molar-refractivity contribution in [1.82, 2.24) is 14.7 Å². The van der Waals surface area contributed by atoms with Gasteiger partial charge in [0, 0.05) is 20.1 Å². The van der Waals surface area contributed by atoms with Crippen LogP contribution in [0.1, 0.15) is 11.4 Å². The summed E-state index contributed by atoms with van der Waals surface area (Å²) in [5.41, 5.74) is 2.21. The fourth-order valence-corrected chi connectivity index (χ4v) is 2.09. The van der Waals surface area contributed by atoms with Crippen molar-refractivity contribution in [2.24, 2.45) is 7.05 Å². The number of nitrogens with zero attached hydrogens (tertiary/aromatic N) is 3. The molecule has 1 aliphatic rings. The van der Waals surface area contributed by atoms with E-state index in [4.69, 9.17) is 4.74 Å². The minimum absolute atomic E-state index is 0.115. The van der Waals surface area contributed by atoms with Gasteiger partial charge in [-0.15, -0.1) is 0 Å². The van der Waals surface area contributed by atoms with Crippen molar-refractivity contribution >= 4 is 0 Å². The monoisotopic (exact) mass is 225 g/mol. The van der Waals surface area contributed by atoms with E-state index < -0.39 is 0 Å². The molecule has 16 heavy (non-hydrogen) atoms. The number of morpholine rings is 1. The van der Waals surface area contributed by atoms with Crippen LogP contribution in [0.2, 0.25) is 0 Å². The van der Waals surface area contributed by atoms with Gasteiger partial charge in [0.2, 0.25) is 0 Å². The van der Waals surface area contributed by atoms with E-state index in [2.05, 4.69) is 16.1 Å². The van der Waals surface area contributed by atoms with Crippen LogP contribution in [-0.2, 0) is 18.3 Å². The molecule has 1 atom stereocenters. The van der Waals surface area contributed by atoms with Gasteiger partial charge < -0.3 is 9.84 Å². The predicted molar refractivity (Wildman–Crippen MR) is 60.0 cm³/mol. The van der Waals surface area contributed by atoms with Crippen molar-refractivity contribution in [1.29, 1.82) is 0 Å². The molecule has 0 bridgehead atoms. The first kappa shape index (κ1) is 11.6. The number of aliphatic hydroxyl groups excluding tert-OH is 1. The maximum atomic E-state index is 9.27. The van der Waals surface area contributed by atoms with Crippen molar-refractivity contribution < 1.29 is 9.84 Å². The van der Waals surface area contributed by atoms with Crippen molar-refractivity contribution in [2.75, 3.05) is 26.4 Å². The Hall–Kier alpha value is -0.910. The van der Waals surface area contributed by atoms with Crippen LogP contribution in [0.5, 0.6) is 0 Å². The summed E-state index contributed by atoms with van der Waals surface area (Å²) in [5, 5.41) is 13.6. The Labute approximate surface area is 95.6 Å². The minimum atomic E-state index is 0.115. The number of hydrogen-bond acceptors (Lipinski definition) is 4. The van der Waals surface area contributed by atoms with E-state index in [0.717, 1.165) is 25.4 Å². The Morgan fingerprint density at radius 1 is 1.62 bits per heavy atom. The molecule has 2 heterocycles. The van der Waals surface area contributed by atoms with E-state index in [1.165, 1.54) is 5.69 Å². The van der Waals surface area contributed by atoms with Crippen molar-refractivity contribution in [2.45, 2.75) is 19.5 Å². The lowest BCUT2D eigenvalue weighted by Crippen LogP contribution is -2.47. The molecule has 2 rings (SSSR count). The number of aryl methyl sites for hydroxylation is 2. The van der Waals surface area contributed by atoms with Gasteiger partial charge in [0.15, 0.2) is 0 Å². The van der Waals surface area contributed by atoms with E-state index in [1.54, 1.807) is 0 Å². The van der Waals surface area contributed by atoms with Crippen LogP contribution in [0.3, 0.4) is 0 Å². The highest BCUT2D eigenvalue weighted by molar-refractivity contribution is 5.08. The second-order valence-electron chi connectivity index (χ2n) is 4.28. The Morgan fingerprint density at radius 3 is 3.06 bits per heavy atom. The molecule has 1 aromatic heterocycles. The summed E-state index contributed by atoms with van der Waals surface area (Å²) < 4.78 is 7.25. The SMILES string of the molecule is Cc1cc(CN2CCOCC2CO)n(C)n1. The third kappa shape index (κ3) is 2.42. The lowest BCUT2D eigenvalue weighted by molar-refractivity contribution is -0.0321. The van der Waals surface area contributed by atoms with Crippen LogP contribution in [0, 0.1) is 6.92 Å². The van der Waals surface area contributed by atoms with E-state index in [0.29, 0.717) is 6.61 Å². The highest BCUT2D eigenvalue weighted by Crippen LogP contribution is 2.12. The quantitative estimate of drug-likeness (QED) is 0.782. The van der Waals surface area contributed by atoms with E-state index in [-0.39, 0.29) is 12.6 Å². The van der Waals surface area contributed by atoms with Gasteiger partial charge >= 0.3 is 0 Å². The molecule has 0 saturated carbocycles. The molecule has 0 amide bonds. The topological polar surface area (TPSA) is 50.5 Å². The van der Waals surface area contributed by atoms with Crippen LogP contribution in [0.15, 0.2) is 6.07 Å². The van der Waals surface area contributed by atoms with Gasteiger partial charge in [0.05, 0.1) is 37.3 Å². The third-order valence-electron chi connectivity index (χ3n) is 3.02. The molecule has 1 aliphatic heterocycles. The molecule has 1 saturated heterocycles. The zero-order valence-corrected chi connectivity index (χ0v) is 9.89. The lowest BCUT2D eigenvalue weighted by Gasteiger charge is -2.34. The lowest BCUT2D eigenvalue weighted by atomic mass is 10.2. The van der Waals surface area contributed by atoms with Crippen LogP contribution in [-0.4, -0.2) is 52.2 Å². The normalized spacial score (nSPS) is 22.6. The van der Waals surface area contributed by atoms with E-state index >= 15 is 0 Å². The van der Waals surface area contributed by atoms with Gasteiger partial charge in [-0.25, -0.2) is 0 Å².